The van der Waals surface area contributed by atoms with Gasteiger partial charge >= 0.3 is 11.9 Å². The van der Waals surface area contributed by atoms with Gasteiger partial charge in [0.05, 0.1) is 6.54 Å². The Hall–Kier alpha value is -3.20. The van der Waals surface area contributed by atoms with Crippen molar-refractivity contribution in [2.45, 2.75) is 32.2 Å². The van der Waals surface area contributed by atoms with Gasteiger partial charge in [0, 0.05) is 41.9 Å². The Morgan fingerprint density at radius 2 is 1.74 bits per heavy atom. The SMILES string of the molecule is CCCCNCC(=O)Nc1cccc2c1CN(C)CC2c1ccc(Cl)cc1.O=C(O)/C=C\C(=O)O. The summed E-state index contributed by atoms with van der Waals surface area (Å²) < 4.78 is 0. The highest BCUT2D eigenvalue weighted by atomic mass is 35.5. The molecule has 0 aliphatic carbocycles. The summed E-state index contributed by atoms with van der Waals surface area (Å²) in [6.07, 6.45) is 3.32. The second-order valence-electron chi connectivity index (χ2n) is 8.26. The Morgan fingerprint density at radius 1 is 1.09 bits per heavy atom. The minimum atomic E-state index is -1.26. The number of amides is 1. The fourth-order valence-electron chi connectivity index (χ4n) is 3.79. The molecule has 8 nitrogen and oxygen atoms in total. The van der Waals surface area contributed by atoms with E-state index in [-0.39, 0.29) is 11.8 Å². The lowest BCUT2D eigenvalue weighted by atomic mass is 9.84. The molecular weight excluding hydrogens is 470 g/mol. The van der Waals surface area contributed by atoms with Crippen LogP contribution in [-0.4, -0.2) is 59.6 Å². The van der Waals surface area contributed by atoms with Crippen LogP contribution in [0.25, 0.3) is 0 Å². The number of halogens is 1. The zero-order valence-corrected chi connectivity index (χ0v) is 20.7. The van der Waals surface area contributed by atoms with Crippen LogP contribution in [0.2, 0.25) is 5.02 Å². The summed E-state index contributed by atoms with van der Waals surface area (Å²) in [6.45, 7) is 5.15. The summed E-state index contributed by atoms with van der Waals surface area (Å²) in [6, 6.07) is 14.3. The normalized spacial score (nSPS) is 15.1. The average molecular weight is 502 g/mol. The van der Waals surface area contributed by atoms with E-state index in [4.69, 9.17) is 21.8 Å². The molecule has 1 aliphatic heterocycles. The molecule has 4 N–H and O–H groups in total. The van der Waals surface area contributed by atoms with Crippen LogP contribution in [-0.2, 0) is 20.9 Å². The summed E-state index contributed by atoms with van der Waals surface area (Å²) in [4.78, 5) is 33.7. The van der Waals surface area contributed by atoms with E-state index in [1.54, 1.807) is 0 Å². The lowest BCUT2D eigenvalue weighted by Crippen LogP contribution is -2.33. The van der Waals surface area contributed by atoms with Crippen LogP contribution in [0.5, 0.6) is 0 Å². The molecule has 1 aliphatic rings. The molecule has 188 valence electrons. The number of unbranched alkanes of at least 4 members (excludes halogenated alkanes) is 1. The molecule has 0 spiro atoms. The van der Waals surface area contributed by atoms with Crippen LogP contribution in [0.1, 0.15) is 42.4 Å². The number of benzene rings is 2. The molecule has 1 unspecified atom stereocenters. The molecule has 0 radical (unpaired) electrons. The van der Waals surface area contributed by atoms with Crippen molar-refractivity contribution in [1.29, 1.82) is 0 Å². The Labute approximate surface area is 210 Å². The van der Waals surface area contributed by atoms with Gasteiger partial charge in [-0.3, -0.25) is 4.79 Å². The minimum absolute atomic E-state index is 0.00997. The number of nitrogens with zero attached hydrogens (tertiary/aromatic N) is 1. The maximum absolute atomic E-state index is 12.3. The van der Waals surface area contributed by atoms with Gasteiger partial charge in [-0.05, 0) is 54.9 Å². The summed E-state index contributed by atoms with van der Waals surface area (Å²) in [5.41, 5.74) is 4.65. The molecule has 0 fully saturated rings. The third-order valence-electron chi connectivity index (χ3n) is 5.42. The number of hydrogen-bond donors (Lipinski definition) is 4. The number of carboxylic acid groups (broad SMARTS) is 2. The number of carbonyl (C=O) groups is 3. The smallest absolute Gasteiger partial charge is 0.328 e. The van der Waals surface area contributed by atoms with Crippen molar-refractivity contribution >= 4 is 35.1 Å². The first-order valence-electron chi connectivity index (χ1n) is 11.4. The van der Waals surface area contributed by atoms with Gasteiger partial charge in [0.1, 0.15) is 0 Å². The Morgan fingerprint density at radius 3 is 2.34 bits per heavy atom. The molecule has 35 heavy (non-hydrogen) atoms. The molecule has 1 atom stereocenters. The van der Waals surface area contributed by atoms with E-state index in [1.807, 2.05) is 24.3 Å². The number of carbonyl (C=O) groups excluding carboxylic acids is 1. The predicted molar refractivity (Wildman–Crippen MR) is 137 cm³/mol. The number of carboxylic acids is 2. The standard InChI is InChI=1S/C22H28ClN3O.C4H4O4/c1-3-4-12-24-13-22(27)25-21-7-5-6-18-19(14-26(2)15-20(18)21)16-8-10-17(23)11-9-16;5-3(6)1-2-4(7)8/h5-11,19,24H,3-4,12-15H2,1-2H3,(H,25,27);1-2H,(H,5,6)(H,7,8)/b;2-1-. The van der Waals surface area contributed by atoms with Gasteiger partial charge in [0.25, 0.3) is 0 Å². The molecule has 1 amide bonds. The molecule has 3 rings (SSSR count). The van der Waals surface area contributed by atoms with Crippen molar-refractivity contribution < 1.29 is 24.6 Å². The second kappa shape index (κ2) is 14.3. The molecular formula is C26H32ClN3O5. The van der Waals surface area contributed by atoms with Gasteiger partial charge < -0.3 is 25.7 Å². The number of likely N-dealkylation sites (N-methyl/N-ethyl adjacent to an activating group) is 1. The Kier molecular flexibility index (Phi) is 11.4. The van der Waals surface area contributed by atoms with Crippen molar-refractivity contribution in [3.63, 3.8) is 0 Å². The minimum Gasteiger partial charge on any atom is -0.478 e. The predicted octanol–water partition coefficient (Wildman–Crippen LogP) is 3.96. The van der Waals surface area contributed by atoms with Crippen LogP contribution in [0, 0.1) is 0 Å². The fourth-order valence-corrected chi connectivity index (χ4v) is 3.92. The molecule has 2 aromatic rings. The fraction of sp³-hybridized carbons (Fsp3) is 0.346. The quantitative estimate of drug-likeness (QED) is 0.303. The molecule has 0 aromatic heterocycles. The molecule has 1 heterocycles. The van der Waals surface area contributed by atoms with Crippen LogP contribution in [0.4, 0.5) is 5.69 Å². The number of nitrogens with one attached hydrogen (secondary N) is 2. The van der Waals surface area contributed by atoms with Crippen LogP contribution >= 0.6 is 11.6 Å². The third-order valence-corrected chi connectivity index (χ3v) is 5.67. The Bertz CT molecular complexity index is 1020. The highest BCUT2D eigenvalue weighted by molar-refractivity contribution is 6.30. The zero-order valence-electron chi connectivity index (χ0n) is 20.0. The molecule has 2 aromatic carbocycles. The largest absolute Gasteiger partial charge is 0.478 e. The first-order valence-corrected chi connectivity index (χ1v) is 11.8. The van der Waals surface area contributed by atoms with E-state index in [0.29, 0.717) is 18.7 Å². The number of rotatable bonds is 9. The van der Waals surface area contributed by atoms with E-state index < -0.39 is 11.9 Å². The Balaban J connectivity index is 0.000000466. The van der Waals surface area contributed by atoms with E-state index in [2.05, 4.69) is 47.7 Å². The molecule has 0 bridgehead atoms. The van der Waals surface area contributed by atoms with Crippen LogP contribution < -0.4 is 10.6 Å². The first kappa shape index (κ1) is 28.0. The summed E-state index contributed by atoms with van der Waals surface area (Å²) in [7, 11) is 2.12. The lowest BCUT2D eigenvalue weighted by Gasteiger charge is -2.34. The highest BCUT2D eigenvalue weighted by Crippen LogP contribution is 2.36. The number of anilines is 1. The maximum Gasteiger partial charge on any atom is 0.328 e. The van der Waals surface area contributed by atoms with Gasteiger partial charge in [-0.2, -0.15) is 0 Å². The van der Waals surface area contributed by atoms with Crippen LogP contribution in [0.15, 0.2) is 54.6 Å². The van der Waals surface area contributed by atoms with E-state index >= 15 is 0 Å². The van der Waals surface area contributed by atoms with E-state index in [0.717, 1.165) is 43.2 Å². The molecule has 0 saturated carbocycles. The number of fused-ring (bicyclic) bond motifs is 1. The highest BCUT2D eigenvalue weighted by Gasteiger charge is 2.26. The van der Waals surface area contributed by atoms with Gasteiger partial charge in [0.2, 0.25) is 5.91 Å². The zero-order chi connectivity index (χ0) is 25.8. The molecule has 0 saturated heterocycles. The molecule has 9 heteroatoms. The van der Waals surface area contributed by atoms with Crippen molar-refractivity contribution in [1.82, 2.24) is 10.2 Å². The monoisotopic (exact) mass is 501 g/mol. The first-order chi connectivity index (χ1) is 16.7. The third kappa shape index (κ3) is 9.52. The topological polar surface area (TPSA) is 119 Å². The van der Waals surface area contributed by atoms with Crippen molar-refractivity contribution in [3.8, 4) is 0 Å². The maximum atomic E-state index is 12.3. The van der Waals surface area contributed by atoms with Crippen molar-refractivity contribution in [2.24, 2.45) is 0 Å². The average Bonchev–Trinajstić information content (AvgIpc) is 2.81. The van der Waals surface area contributed by atoms with Gasteiger partial charge in [-0.25, -0.2) is 9.59 Å². The van der Waals surface area contributed by atoms with Crippen molar-refractivity contribution in [2.75, 3.05) is 32.0 Å². The summed E-state index contributed by atoms with van der Waals surface area (Å²) in [5.74, 6) is -2.23. The van der Waals surface area contributed by atoms with E-state index in [1.165, 1.54) is 16.7 Å². The van der Waals surface area contributed by atoms with Gasteiger partial charge in [0.15, 0.2) is 0 Å². The van der Waals surface area contributed by atoms with Gasteiger partial charge in [-0.1, -0.05) is 49.2 Å². The second-order valence-corrected chi connectivity index (χ2v) is 8.70. The summed E-state index contributed by atoms with van der Waals surface area (Å²) in [5, 5.41) is 22.7. The number of aliphatic carboxylic acids is 2. The van der Waals surface area contributed by atoms with Crippen molar-refractivity contribution in [3.05, 3.63) is 76.3 Å². The van der Waals surface area contributed by atoms with E-state index in [9.17, 15) is 14.4 Å². The lowest BCUT2D eigenvalue weighted by molar-refractivity contribution is -0.134. The number of hydrogen-bond acceptors (Lipinski definition) is 5. The van der Waals surface area contributed by atoms with Gasteiger partial charge in [-0.15, -0.1) is 0 Å². The van der Waals surface area contributed by atoms with Crippen LogP contribution in [0.3, 0.4) is 0 Å². The summed E-state index contributed by atoms with van der Waals surface area (Å²) >= 11 is 6.06.